The molecule has 1 heterocycles. The van der Waals surface area contributed by atoms with Gasteiger partial charge in [-0.1, -0.05) is 0 Å². The van der Waals surface area contributed by atoms with Gasteiger partial charge in [0.15, 0.2) is 0 Å². The Hall–Kier alpha value is -2.63. The number of esters is 1. The lowest BCUT2D eigenvalue weighted by Crippen LogP contribution is -2.03. The largest absolute Gasteiger partial charge is 0.465 e. The number of hydrogen-bond donors (Lipinski definition) is 2. The quantitative estimate of drug-likeness (QED) is 0.817. The maximum absolute atomic E-state index is 11.3. The first-order chi connectivity index (χ1) is 9.08. The first-order valence-corrected chi connectivity index (χ1v) is 5.65. The van der Waals surface area contributed by atoms with Gasteiger partial charge in [0.1, 0.15) is 5.82 Å². The highest BCUT2D eigenvalue weighted by Crippen LogP contribution is 2.16. The van der Waals surface area contributed by atoms with Crippen LogP contribution in [-0.4, -0.2) is 23.0 Å². The number of benzene rings is 1. The van der Waals surface area contributed by atoms with Crippen LogP contribution in [0.15, 0.2) is 30.3 Å². The Morgan fingerprint density at radius 1 is 1.26 bits per heavy atom. The molecule has 0 aliphatic carbocycles. The number of nitrogens with one attached hydrogen (secondary N) is 1. The van der Waals surface area contributed by atoms with E-state index in [4.69, 9.17) is 5.73 Å². The maximum Gasteiger partial charge on any atom is 0.337 e. The Morgan fingerprint density at radius 3 is 2.53 bits per heavy atom. The first-order valence-electron chi connectivity index (χ1n) is 5.65. The molecule has 0 unspecified atom stereocenters. The molecule has 19 heavy (non-hydrogen) atoms. The van der Waals surface area contributed by atoms with Crippen LogP contribution in [0.1, 0.15) is 16.1 Å². The van der Waals surface area contributed by atoms with Crippen molar-refractivity contribution in [3.05, 3.63) is 41.6 Å². The van der Waals surface area contributed by atoms with Crippen molar-refractivity contribution in [1.82, 2.24) is 9.97 Å². The molecule has 0 bridgehead atoms. The van der Waals surface area contributed by atoms with Gasteiger partial charge < -0.3 is 15.8 Å². The van der Waals surface area contributed by atoms with Gasteiger partial charge in [-0.3, -0.25) is 0 Å². The number of aryl methyl sites for hydroxylation is 1. The normalized spacial score (nSPS) is 10.0. The van der Waals surface area contributed by atoms with Crippen molar-refractivity contribution in [3.63, 3.8) is 0 Å². The zero-order valence-electron chi connectivity index (χ0n) is 10.7. The molecule has 6 heteroatoms. The summed E-state index contributed by atoms with van der Waals surface area (Å²) in [6, 6.07) is 8.65. The Bertz CT molecular complexity index is 576. The fourth-order valence-electron chi connectivity index (χ4n) is 1.61. The smallest absolute Gasteiger partial charge is 0.337 e. The molecule has 1 aromatic heterocycles. The average Bonchev–Trinajstić information content (AvgIpc) is 2.37. The van der Waals surface area contributed by atoms with Crippen molar-refractivity contribution in [2.45, 2.75) is 6.92 Å². The molecule has 2 aromatic rings. The molecule has 0 spiro atoms. The maximum atomic E-state index is 11.3. The molecule has 0 fully saturated rings. The molecule has 0 aliphatic heterocycles. The molecule has 0 amide bonds. The first kappa shape index (κ1) is 12.8. The van der Waals surface area contributed by atoms with E-state index >= 15 is 0 Å². The fraction of sp³-hybridized carbons (Fsp3) is 0.154. The van der Waals surface area contributed by atoms with Crippen molar-refractivity contribution in [2.75, 3.05) is 18.2 Å². The van der Waals surface area contributed by atoms with Crippen molar-refractivity contribution in [3.8, 4) is 0 Å². The summed E-state index contributed by atoms with van der Waals surface area (Å²) in [4.78, 5) is 19.3. The van der Waals surface area contributed by atoms with Gasteiger partial charge >= 0.3 is 5.97 Å². The van der Waals surface area contributed by atoms with Crippen molar-refractivity contribution < 1.29 is 9.53 Å². The van der Waals surface area contributed by atoms with E-state index in [1.165, 1.54) is 7.11 Å². The summed E-state index contributed by atoms with van der Waals surface area (Å²) in [5, 5.41) is 3.09. The summed E-state index contributed by atoms with van der Waals surface area (Å²) >= 11 is 0. The second kappa shape index (κ2) is 5.34. The SMILES string of the molecule is COC(=O)c1ccc(Nc2cc(C)nc(N)n2)cc1. The molecule has 0 radical (unpaired) electrons. The van der Waals surface area contributed by atoms with Gasteiger partial charge in [-0.2, -0.15) is 4.98 Å². The Labute approximate surface area is 110 Å². The number of nitrogens with zero attached hydrogens (tertiary/aromatic N) is 2. The summed E-state index contributed by atoms with van der Waals surface area (Å²) in [6.45, 7) is 1.84. The van der Waals surface area contributed by atoms with Crippen LogP contribution in [0.5, 0.6) is 0 Å². The van der Waals surface area contributed by atoms with Crippen LogP contribution in [0.3, 0.4) is 0 Å². The zero-order chi connectivity index (χ0) is 13.8. The Balaban J connectivity index is 2.17. The lowest BCUT2D eigenvalue weighted by atomic mass is 10.2. The topological polar surface area (TPSA) is 90.1 Å². The van der Waals surface area contributed by atoms with Gasteiger partial charge in [-0.15, -0.1) is 0 Å². The van der Waals surface area contributed by atoms with Gasteiger partial charge in [0, 0.05) is 17.4 Å². The minimum atomic E-state index is -0.367. The third-order valence-electron chi connectivity index (χ3n) is 2.45. The van der Waals surface area contributed by atoms with Crippen LogP contribution in [0.2, 0.25) is 0 Å². The minimum absolute atomic E-state index is 0.216. The van der Waals surface area contributed by atoms with Gasteiger partial charge in [-0.25, -0.2) is 9.78 Å². The molecule has 6 nitrogen and oxygen atoms in total. The van der Waals surface area contributed by atoms with E-state index in [-0.39, 0.29) is 11.9 Å². The number of methoxy groups -OCH3 is 1. The Kier molecular flexibility index (Phi) is 3.61. The number of rotatable bonds is 3. The number of anilines is 3. The number of carbonyl (C=O) groups is 1. The van der Waals surface area contributed by atoms with Gasteiger partial charge in [-0.05, 0) is 31.2 Å². The van der Waals surface area contributed by atoms with Crippen LogP contribution >= 0.6 is 0 Å². The molecule has 0 saturated carbocycles. The van der Waals surface area contributed by atoms with E-state index in [0.29, 0.717) is 11.4 Å². The predicted octanol–water partition coefficient (Wildman–Crippen LogP) is 1.90. The predicted molar refractivity (Wildman–Crippen MR) is 72.2 cm³/mol. The second-order valence-electron chi connectivity index (χ2n) is 3.95. The zero-order valence-corrected chi connectivity index (χ0v) is 10.7. The molecule has 3 N–H and O–H groups in total. The molecule has 2 rings (SSSR count). The molecule has 98 valence electrons. The number of ether oxygens (including phenoxy) is 1. The van der Waals surface area contributed by atoms with Crippen LogP contribution in [0, 0.1) is 6.92 Å². The van der Waals surface area contributed by atoms with Crippen LogP contribution in [0.25, 0.3) is 0 Å². The van der Waals surface area contributed by atoms with E-state index in [9.17, 15) is 4.79 Å². The highest BCUT2D eigenvalue weighted by Gasteiger charge is 2.05. The van der Waals surface area contributed by atoms with Crippen LogP contribution in [0.4, 0.5) is 17.5 Å². The molecular weight excluding hydrogens is 244 g/mol. The number of carbonyl (C=O) groups excluding carboxylic acids is 1. The molecule has 0 saturated heterocycles. The van der Waals surface area contributed by atoms with Crippen LogP contribution in [-0.2, 0) is 4.74 Å². The highest BCUT2D eigenvalue weighted by atomic mass is 16.5. The average molecular weight is 258 g/mol. The van der Waals surface area contributed by atoms with Crippen molar-refractivity contribution >= 4 is 23.4 Å². The van der Waals surface area contributed by atoms with E-state index in [1.54, 1.807) is 30.3 Å². The molecule has 0 aliphatic rings. The van der Waals surface area contributed by atoms with E-state index < -0.39 is 0 Å². The van der Waals surface area contributed by atoms with Gasteiger partial charge in [0.05, 0.1) is 12.7 Å². The van der Waals surface area contributed by atoms with Gasteiger partial charge in [0.25, 0.3) is 0 Å². The second-order valence-corrected chi connectivity index (χ2v) is 3.95. The molecule has 0 atom stereocenters. The summed E-state index contributed by atoms with van der Waals surface area (Å²) < 4.78 is 4.63. The lowest BCUT2D eigenvalue weighted by Gasteiger charge is -2.07. The Morgan fingerprint density at radius 2 is 1.95 bits per heavy atom. The molecule has 1 aromatic carbocycles. The van der Waals surface area contributed by atoms with E-state index in [0.717, 1.165) is 11.4 Å². The number of nitrogens with two attached hydrogens (primary N) is 1. The molecular formula is C13H14N4O2. The minimum Gasteiger partial charge on any atom is -0.465 e. The van der Waals surface area contributed by atoms with Crippen LogP contribution < -0.4 is 11.1 Å². The summed E-state index contributed by atoms with van der Waals surface area (Å²) in [5.74, 6) is 0.457. The van der Waals surface area contributed by atoms with Gasteiger partial charge in [0.2, 0.25) is 5.95 Å². The summed E-state index contributed by atoms with van der Waals surface area (Å²) in [7, 11) is 1.35. The number of aromatic nitrogens is 2. The monoisotopic (exact) mass is 258 g/mol. The summed E-state index contributed by atoms with van der Waals surface area (Å²) in [5.41, 5.74) is 7.64. The third-order valence-corrected chi connectivity index (χ3v) is 2.45. The standard InChI is InChI=1S/C13H14N4O2/c1-8-7-11(17-13(14)15-8)16-10-5-3-9(4-6-10)12(18)19-2/h3-7H,1-2H3,(H3,14,15,16,17). The third kappa shape index (κ3) is 3.19. The van der Waals surface area contributed by atoms with Crippen molar-refractivity contribution in [1.29, 1.82) is 0 Å². The van der Waals surface area contributed by atoms with E-state index in [2.05, 4.69) is 20.0 Å². The summed E-state index contributed by atoms with van der Waals surface area (Å²) in [6.07, 6.45) is 0. The highest BCUT2D eigenvalue weighted by molar-refractivity contribution is 5.89. The fourth-order valence-corrected chi connectivity index (χ4v) is 1.61. The van der Waals surface area contributed by atoms with Crippen molar-refractivity contribution in [2.24, 2.45) is 0 Å². The number of nitrogen functional groups attached to an aromatic ring is 1. The lowest BCUT2D eigenvalue weighted by molar-refractivity contribution is 0.0601. The van der Waals surface area contributed by atoms with E-state index in [1.807, 2.05) is 6.92 Å². The number of hydrogen-bond acceptors (Lipinski definition) is 6.